The highest BCUT2D eigenvalue weighted by molar-refractivity contribution is 5.80. The van der Waals surface area contributed by atoms with Gasteiger partial charge in [-0.1, -0.05) is 148 Å². The van der Waals surface area contributed by atoms with Crippen LogP contribution in [0.4, 0.5) is 34.1 Å². The summed E-state index contributed by atoms with van der Waals surface area (Å²) < 4.78 is 0. The van der Waals surface area contributed by atoms with Gasteiger partial charge >= 0.3 is 0 Å². The summed E-state index contributed by atoms with van der Waals surface area (Å²) in [6, 6.07) is 65.1. The summed E-state index contributed by atoms with van der Waals surface area (Å²) in [6.45, 7) is 8.90. The predicted octanol–water partition coefficient (Wildman–Crippen LogP) is 14.1. The first-order valence-electron chi connectivity index (χ1n) is 17.7. The minimum absolute atomic E-state index is 0.112. The topological polar surface area (TPSA) is 6.48 Å². The normalized spacial score (nSPS) is 11.5. The summed E-state index contributed by atoms with van der Waals surface area (Å²) in [5.74, 6) is 0. The standard InChI is InChI=1S/C49H44N2/c1-37-15-29-45(30-16-37)51(48-35-27-42(28-36-48)49(2,3)4)46-31-21-39(22-32-46)18-17-38-19-23-40(24-20-38)41-25-33-47(34-26-41)50(43-11-7-5-8-12-43)44-13-9-6-10-14-44/h5-36H,1-4H3/b18-17+. The van der Waals surface area contributed by atoms with E-state index in [4.69, 9.17) is 0 Å². The lowest BCUT2D eigenvalue weighted by Gasteiger charge is -2.27. The summed E-state index contributed by atoms with van der Waals surface area (Å²) in [7, 11) is 0. The first-order valence-corrected chi connectivity index (χ1v) is 17.7. The van der Waals surface area contributed by atoms with Crippen molar-refractivity contribution >= 4 is 46.3 Å². The van der Waals surface area contributed by atoms with Crippen molar-refractivity contribution in [3.63, 3.8) is 0 Å². The Labute approximate surface area is 303 Å². The molecule has 0 N–H and O–H groups in total. The molecule has 7 aromatic carbocycles. The molecule has 0 aliphatic rings. The van der Waals surface area contributed by atoms with Gasteiger partial charge in [-0.3, -0.25) is 0 Å². The molecule has 0 aliphatic heterocycles. The van der Waals surface area contributed by atoms with E-state index in [0.29, 0.717) is 0 Å². The Kier molecular flexibility index (Phi) is 9.67. The molecule has 7 rings (SSSR count). The third-order valence-corrected chi connectivity index (χ3v) is 9.30. The molecule has 2 nitrogen and oxygen atoms in total. The smallest absolute Gasteiger partial charge is 0.0462 e. The average Bonchev–Trinajstić information content (AvgIpc) is 3.17. The largest absolute Gasteiger partial charge is 0.311 e. The maximum atomic E-state index is 2.32. The SMILES string of the molecule is Cc1ccc(N(c2ccc(/C=C/c3ccc(-c4ccc(N(c5ccccc5)c5ccccc5)cc4)cc3)cc2)c2ccc(C(C)(C)C)cc2)cc1. The van der Waals surface area contributed by atoms with Crippen LogP contribution in [0.2, 0.25) is 0 Å². The number of hydrogen-bond donors (Lipinski definition) is 0. The first-order chi connectivity index (χ1) is 24.8. The van der Waals surface area contributed by atoms with Crippen LogP contribution >= 0.6 is 0 Å². The van der Waals surface area contributed by atoms with Crippen molar-refractivity contribution in [1.82, 2.24) is 0 Å². The zero-order valence-corrected chi connectivity index (χ0v) is 29.9. The van der Waals surface area contributed by atoms with Crippen LogP contribution in [0, 0.1) is 6.92 Å². The first kappa shape index (κ1) is 33.4. The second-order valence-corrected chi connectivity index (χ2v) is 14.1. The highest BCUT2D eigenvalue weighted by atomic mass is 15.1. The lowest BCUT2D eigenvalue weighted by atomic mass is 9.87. The van der Waals surface area contributed by atoms with Gasteiger partial charge in [0.1, 0.15) is 0 Å². The van der Waals surface area contributed by atoms with Crippen LogP contribution in [0.1, 0.15) is 43.0 Å². The lowest BCUT2D eigenvalue weighted by molar-refractivity contribution is 0.590. The van der Waals surface area contributed by atoms with Gasteiger partial charge in [0.15, 0.2) is 0 Å². The molecular formula is C49H44N2. The minimum Gasteiger partial charge on any atom is -0.311 e. The van der Waals surface area contributed by atoms with Gasteiger partial charge in [0, 0.05) is 34.1 Å². The number of anilines is 6. The Bertz CT molecular complexity index is 2140. The van der Waals surface area contributed by atoms with E-state index in [9.17, 15) is 0 Å². The third-order valence-electron chi connectivity index (χ3n) is 9.30. The third kappa shape index (κ3) is 7.87. The van der Waals surface area contributed by atoms with Crippen molar-refractivity contribution in [2.75, 3.05) is 9.80 Å². The fourth-order valence-corrected chi connectivity index (χ4v) is 6.37. The highest BCUT2D eigenvalue weighted by Gasteiger charge is 2.17. The number of rotatable bonds is 9. The van der Waals surface area contributed by atoms with E-state index in [2.05, 4.69) is 232 Å². The van der Waals surface area contributed by atoms with Gasteiger partial charge in [0.2, 0.25) is 0 Å². The summed E-state index contributed by atoms with van der Waals surface area (Å²) in [5, 5.41) is 0. The van der Waals surface area contributed by atoms with Gasteiger partial charge in [-0.15, -0.1) is 0 Å². The molecule has 0 spiro atoms. The van der Waals surface area contributed by atoms with Crippen LogP contribution in [0.5, 0.6) is 0 Å². The average molecular weight is 661 g/mol. The Morgan fingerprint density at radius 1 is 0.353 bits per heavy atom. The highest BCUT2D eigenvalue weighted by Crippen LogP contribution is 2.37. The van der Waals surface area contributed by atoms with Crippen LogP contribution in [0.25, 0.3) is 23.3 Å². The molecule has 0 unspecified atom stereocenters. The van der Waals surface area contributed by atoms with Crippen molar-refractivity contribution in [3.05, 3.63) is 204 Å². The number of hydrogen-bond acceptors (Lipinski definition) is 2. The minimum atomic E-state index is 0.112. The molecule has 7 aromatic rings. The molecular weight excluding hydrogens is 617 g/mol. The van der Waals surface area contributed by atoms with Crippen molar-refractivity contribution in [2.24, 2.45) is 0 Å². The summed E-state index contributed by atoms with van der Waals surface area (Å²) >= 11 is 0. The quantitative estimate of drug-likeness (QED) is 0.142. The Balaban J connectivity index is 1.07. The monoisotopic (exact) mass is 660 g/mol. The number of para-hydroxylation sites is 2. The molecule has 0 bridgehead atoms. The fraction of sp³-hybridized carbons (Fsp3) is 0.102. The second-order valence-electron chi connectivity index (χ2n) is 14.1. The van der Waals surface area contributed by atoms with Crippen LogP contribution in [-0.4, -0.2) is 0 Å². The molecule has 0 aliphatic carbocycles. The van der Waals surface area contributed by atoms with Gasteiger partial charge in [-0.25, -0.2) is 0 Å². The Morgan fingerprint density at radius 2 is 0.667 bits per heavy atom. The van der Waals surface area contributed by atoms with Crippen LogP contribution < -0.4 is 9.80 Å². The maximum absolute atomic E-state index is 2.32. The summed E-state index contributed by atoms with van der Waals surface area (Å²) in [4.78, 5) is 4.61. The molecule has 0 saturated carbocycles. The van der Waals surface area contributed by atoms with E-state index < -0.39 is 0 Å². The van der Waals surface area contributed by atoms with E-state index in [1.54, 1.807) is 0 Å². The Hall–Kier alpha value is -6.12. The molecule has 0 radical (unpaired) electrons. The molecule has 250 valence electrons. The van der Waals surface area contributed by atoms with Gasteiger partial charge in [0.05, 0.1) is 0 Å². The number of aryl methyl sites for hydroxylation is 1. The second kappa shape index (κ2) is 14.8. The number of benzene rings is 7. The van der Waals surface area contributed by atoms with Crippen LogP contribution in [0.15, 0.2) is 182 Å². The Morgan fingerprint density at radius 3 is 1.08 bits per heavy atom. The van der Waals surface area contributed by atoms with Crippen molar-refractivity contribution in [1.29, 1.82) is 0 Å². The molecule has 0 amide bonds. The van der Waals surface area contributed by atoms with Crippen molar-refractivity contribution < 1.29 is 0 Å². The molecule has 0 heterocycles. The van der Waals surface area contributed by atoms with E-state index in [-0.39, 0.29) is 5.41 Å². The molecule has 0 saturated heterocycles. The van der Waals surface area contributed by atoms with Crippen molar-refractivity contribution in [2.45, 2.75) is 33.1 Å². The van der Waals surface area contributed by atoms with Crippen LogP contribution in [-0.2, 0) is 5.41 Å². The van der Waals surface area contributed by atoms with E-state index >= 15 is 0 Å². The van der Waals surface area contributed by atoms with E-state index in [0.717, 1.165) is 39.7 Å². The molecule has 2 heteroatoms. The predicted molar refractivity (Wildman–Crippen MR) is 220 cm³/mol. The lowest BCUT2D eigenvalue weighted by Crippen LogP contribution is -2.13. The summed E-state index contributed by atoms with van der Waals surface area (Å²) in [6.07, 6.45) is 4.37. The summed E-state index contributed by atoms with van der Waals surface area (Å²) in [5.41, 5.74) is 14.2. The van der Waals surface area contributed by atoms with Gasteiger partial charge in [-0.05, 0) is 113 Å². The maximum Gasteiger partial charge on any atom is 0.0462 e. The van der Waals surface area contributed by atoms with Gasteiger partial charge in [-0.2, -0.15) is 0 Å². The zero-order chi connectivity index (χ0) is 35.2. The van der Waals surface area contributed by atoms with E-state index in [1.165, 1.54) is 27.8 Å². The number of nitrogens with zero attached hydrogens (tertiary/aromatic N) is 2. The van der Waals surface area contributed by atoms with E-state index in [1.807, 2.05) is 0 Å². The van der Waals surface area contributed by atoms with Crippen molar-refractivity contribution in [3.8, 4) is 11.1 Å². The zero-order valence-electron chi connectivity index (χ0n) is 29.9. The molecule has 0 fully saturated rings. The van der Waals surface area contributed by atoms with Crippen LogP contribution in [0.3, 0.4) is 0 Å². The molecule has 51 heavy (non-hydrogen) atoms. The molecule has 0 aromatic heterocycles. The molecule has 0 atom stereocenters. The van der Waals surface area contributed by atoms with Gasteiger partial charge < -0.3 is 9.80 Å². The fourth-order valence-electron chi connectivity index (χ4n) is 6.37. The van der Waals surface area contributed by atoms with Gasteiger partial charge in [0.25, 0.3) is 0 Å².